The van der Waals surface area contributed by atoms with E-state index in [1.807, 2.05) is 42.5 Å². The third kappa shape index (κ3) is 3.94. The van der Waals surface area contributed by atoms with Crippen molar-refractivity contribution in [2.75, 3.05) is 5.32 Å². The topological polar surface area (TPSA) is 29.1 Å². The minimum Gasteiger partial charge on any atom is -0.321 e. The summed E-state index contributed by atoms with van der Waals surface area (Å²) in [5, 5.41) is 3.40. The molecule has 0 spiro atoms. The van der Waals surface area contributed by atoms with Crippen LogP contribution >= 0.6 is 27.5 Å². The summed E-state index contributed by atoms with van der Waals surface area (Å²) in [5.41, 5.74) is 1.54. The lowest BCUT2D eigenvalue weighted by molar-refractivity contribution is -0.111. The van der Waals surface area contributed by atoms with E-state index in [0.29, 0.717) is 5.02 Å². The van der Waals surface area contributed by atoms with Crippen LogP contribution in [0.2, 0.25) is 5.02 Å². The van der Waals surface area contributed by atoms with Crippen LogP contribution in [0.25, 0.3) is 6.08 Å². The van der Waals surface area contributed by atoms with E-state index >= 15 is 0 Å². The van der Waals surface area contributed by atoms with Gasteiger partial charge in [-0.15, -0.1) is 0 Å². The van der Waals surface area contributed by atoms with Crippen molar-refractivity contribution in [3.8, 4) is 0 Å². The number of nitrogens with one attached hydrogen (secondary N) is 1. The first kappa shape index (κ1) is 13.8. The summed E-state index contributed by atoms with van der Waals surface area (Å²) in [7, 11) is 0. The highest BCUT2D eigenvalue weighted by atomic mass is 79.9. The van der Waals surface area contributed by atoms with Crippen molar-refractivity contribution < 1.29 is 4.79 Å². The SMILES string of the molecule is O=C(C=Cc1ccccc1Cl)Nc1ccccc1Br. The highest BCUT2D eigenvalue weighted by molar-refractivity contribution is 9.10. The molecule has 1 amide bonds. The Hall–Kier alpha value is -1.58. The zero-order valence-corrected chi connectivity index (χ0v) is 12.3. The first-order valence-corrected chi connectivity index (χ1v) is 6.82. The molecule has 0 aliphatic heterocycles. The second-order valence-electron chi connectivity index (χ2n) is 3.82. The Kier molecular flexibility index (Phi) is 4.77. The van der Waals surface area contributed by atoms with Gasteiger partial charge in [-0.1, -0.05) is 41.9 Å². The van der Waals surface area contributed by atoms with Crippen LogP contribution < -0.4 is 5.32 Å². The molecule has 2 rings (SSSR count). The maximum atomic E-state index is 11.8. The smallest absolute Gasteiger partial charge is 0.248 e. The summed E-state index contributed by atoms with van der Waals surface area (Å²) in [5.74, 6) is -0.202. The van der Waals surface area contributed by atoms with Crippen LogP contribution in [-0.4, -0.2) is 5.91 Å². The molecule has 19 heavy (non-hydrogen) atoms. The lowest BCUT2D eigenvalue weighted by Gasteiger charge is -2.04. The van der Waals surface area contributed by atoms with Gasteiger partial charge < -0.3 is 5.32 Å². The van der Waals surface area contributed by atoms with Gasteiger partial charge in [0.2, 0.25) is 5.91 Å². The third-order valence-electron chi connectivity index (χ3n) is 2.45. The van der Waals surface area contributed by atoms with E-state index in [-0.39, 0.29) is 5.91 Å². The Bertz CT molecular complexity index is 625. The molecule has 0 saturated carbocycles. The Balaban J connectivity index is 2.06. The zero-order valence-electron chi connectivity index (χ0n) is 9.94. The van der Waals surface area contributed by atoms with Gasteiger partial charge in [-0.25, -0.2) is 0 Å². The Morgan fingerprint density at radius 1 is 1.11 bits per heavy atom. The molecular formula is C15H11BrClNO. The second kappa shape index (κ2) is 6.55. The quantitative estimate of drug-likeness (QED) is 0.805. The number of hydrogen-bond acceptors (Lipinski definition) is 1. The van der Waals surface area contributed by atoms with E-state index in [9.17, 15) is 4.79 Å². The highest BCUT2D eigenvalue weighted by Gasteiger charge is 2.01. The third-order valence-corrected chi connectivity index (χ3v) is 3.49. The molecule has 2 nitrogen and oxygen atoms in total. The molecule has 96 valence electrons. The molecular weight excluding hydrogens is 326 g/mol. The lowest BCUT2D eigenvalue weighted by atomic mass is 10.2. The van der Waals surface area contributed by atoms with E-state index in [2.05, 4.69) is 21.2 Å². The number of para-hydroxylation sites is 1. The molecule has 0 aromatic heterocycles. The maximum absolute atomic E-state index is 11.8. The van der Waals surface area contributed by atoms with Crippen LogP contribution in [-0.2, 0) is 4.79 Å². The molecule has 0 aliphatic rings. The number of rotatable bonds is 3. The molecule has 1 N–H and O–H groups in total. The van der Waals surface area contributed by atoms with Crippen LogP contribution in [0.1, 0.15) is 5.56 Å². The highest BCUT2D eigenvalue weighted by Crippen LogP contribution is 2.21. The molecule has 0 fully saturated rings. The van der Waals surface area contributed by atoms with Crippen LogP contribution in [0.3, 0.4) is 0 Å². The number of carbonyl (C=O) groups is 1. The van der Waals surface area contributed by atoms with Crippen LogP contribution in [0, 0.1) is 0 Å². The van der Waals surface area contributed by atoms with Crippen molar-refractivity contribution in [2.45, 2.75) is 0 Å². The summed E-state index contributed by atoms with van der Waals surface area (Å²) >= 11 is 9.38. The van der Waals surface area contributed by atoms with Crippen molar-refractivity contribution in [1.82, 2.24) is 0 Å². The number of halogens is 2. The molecule has 0 aliphatic carbocycles. The zero-order chi connectivity index (χ0) is 13.7. The van der Waals surface area contributed by atoms with Crippen LogP contribution in [0.5, 0.6) is 0 Å². The minimum absolute atomic E-state index is 0.202. The molecule has 0 unspecified atom stereocenters. The number of hydrogen-bond donors (Lipinski definition) is 1. The van der Waals surface area contributed by atoms with Gasteiger partial charge in [0.25, 0.3) is 0 Å². The van der Waals surface area contributed by atoms with Gasteiger partial charge >= 0.3 is 0 Å². The summed E-state index contributed by atoms with van der Waals surface area (Å²) in [6.45, 7) is 0. The van der Waals surface area contributed by atoms with Gasteiger partial charge in [0.15, 0.2) is 0 Å². The Labute approximate surface area is 125 Å². The lowest BCUT2D eigenvalue weighted by Crippen LogP contribution is -2.08. The predicted octanol–water partition coefficient (Wildman–Crippen LogP) is 4.75. The normalized spacial score (nSPS) is 10.6. The molecule has 0 atom stereocenters. The maximum Gasteiger partial charge on any atom is 0.248 e. The van der Waals surface area contributed by atoms with Gasteiger partial charge in [-0.2, -0.15) is 0 Å². The van der Waals surface area contributed by atoms with Crippen molar-refractivity contribution in [3.63, 3.8) is 0 Å². The summed E-state index contributed by atoms with van der Waals surface area (Å²) in [6.07, 6.45) is 3.15. The largest absolute Gasteiger partial charge is 0.321 e. The van der Waals surface area contributed by atoms with Crippen molar-refractivity contribution in [1.29, 1.82) is 0 Å². The molecule has 0 saturated heterocycles. The summed E-state index contributed by atoms with van der Waals surface area (Å²) in [4.78, 5) is 11.8. The number of carbonyl (C=O) groups excluding carboxylic acids is 1. The number of amides is 1. The average molecular weight is 337 g/mol. The van der Waals surface area contributed by atoms with Crippen LogP contribution in [0.4, 0.5) is 5.69 Å². The fraction of sp³-hybridized carbons (Fsp3) is 0. The molecule has 4 heteroatoms. The predicted molar refractivity (Wildman–Crippen MR) is 83.3 cm³/mol. The van der Waals surface area contributed by atoms with Gasteiger partial charge in [0.1, 0.15) is 0 Å². The summed E-state index contributed by atoms with van der Waals surface area (Å²) < 4.78 is 0.842. The van der Waals surface area contributed by atoms with Gasteiger partial charge in [-0.3, -0.25) is 4.79 Å². The van der Waals surface area contributed by atoms with E-state index in [1.165, 1.54) is 6.08 Å². The molecule has 2 aromatic rings. The Morgan fingerprint density at radius 3 is 2.53 bits per heavy atom. The standard InChI is InChI=1S/C15H11BrClNO/c16-12-6-2-4-8-14(12)18-15(19)10-9-11-5-1-3-7-13(11)17/h1-10H,(H,18,19). The second-order valence-corrected chi connectivity index (χ2v) is 5.09. The molecule has 0 heterocycles. The van der Waals surface area contributed by atoms with Crippen molar-refractivity contribution in [3.05, 3.63) is 69.7 Å². The fourth-order valence-electron chi connectivity index (χ4n) is 1.51. The van der Waals surface area contributed by atoms with E-state index < -0.39 is 0 Å². The summed E-state index contributed by atoms with van der Waals surface area (Å²) in [6, 6.07) is 14.8. The van der Waals surface area contributed by atoms with E-state index in [0.717, 1.165) is 15.7 Å². The first-order valence-electron chi connectivity index (χ1n) is 5.65. The molecule has 0 radical (unpaired) electrons. The number of anilines is 1. The van der Waals surface area contributed by atoms with Gasteiger partial charge in [0.05, 0.1) is 5.69 Å². The van der Waals surface area contributed by atoms with Crippen molar-refractivity contribution in [2.24, 2.45) is 0 Å². The molecule has 0 bridgehead atoms. The minimum atomic E-state index is -0.202. The van der Waals surface area contributed by atoms with E-state index in [1.54, 1.807) is 12.1 Å². The Morgan fingerprint density at radius 2 is 1.79 bits per heavy atom. The monoisotopic (exact) mass is 335 g/mol. The first-order chi connectivity index (χ1) is 9.16. The van der Waals surface area contributed by atoms with Crippen molar-refractivity contribution >= 4 is 45.2 Å². The average Bonchev–Trinajstić information content (AvgIpc) is 2.40. The number of benzene rings is 2. The molecule has 2 aromatic carbocycles. The van der Waals surface area contributed by atoms with Gasteiger partial charge in [0, 0.05) is 15.6 Å². The van der Waals surface area contributed by atoms with Crippen LogP contribution in [0.15, 0.2) is 59.1 Å². The van der Waals surface area contributed by atoms with Gasteiger partial charge in [-0.05, 0) is 45.8 Å². The fourth-order valence-corrected chi connectivity index (χ4v) is 2.10. The van der Waals surface area contributed by atoms with E-state index in [4.69, 9.17) is 11.6 Å².